The molecular weight excluding hydrogens is 158 g/mol. The second-order valence-corrected chi connectivity index (χ2v) is 6.07. The van der Waals surface area contributed by atoms with Crippen molar-refractivity contribution in [2.75, 3.05) is 6.54 Å². The molecule has 1 N–H and O–H groups in total. The lowest BCUT2D eigenvalue weighted by Crippen LogP contribution is -2.38. The van der Waals surface area contributed by atoms with Crippen molar-refractivity contribution in [1.29, 1.82) is 0 Å². The zero-order valence-corrected chi connectivity index (χ0v) is 10.5. The van der Waals surface area contributed by atoms with E-state index in [1.807, 2.05) is 0 Å². The minimum Gasteiger partial charge on any atom is -0.312 e. The zero-order valence-electron chi connectivity index (χ0n) is 10.5. The Morgan fingerprint density at radius 3 is 1.77 bits per heavy atom. The molecule has 0 spiro atoms. The maximum absolute atomic E-state index is 3.53. The Morgan fingerprint density at radius 1 is 1.00 bits per heavy atom. The summed E-state index contributed by atoms with van der Waals surface area (Å²) in [6.45, 7) is 17.1. The van der Waals surface area contributed by atoms with Crippen LogP contribution in [0.5, 0.6) is 0 Å². The molecule has 80 valence electrons. The maximum atomic E-state index is 3.53. The lowest BCUT2D eigenvalue weighted by molar-refractivity contribution is 0.218. The maximum Gasteiger partial charge on any atom is 0.00965 e. The molecule has 0 aromatic rings. The van der Waals surface area contributed by atoms with E-state index in [2.05, 4.69) is 53.8 Å². The van der Waals surface area contributed by atoms with E-state index < -0.39 is 0 Å². The van der Waals surface area contributed by atoms with E-state index in [0.717, 1.165) is 12.5 Å². The summed E-state index contributed by atoms with van der Waals surface area (Å²) >= 11 is 0. The van der Waals surface area contributed by atoms with Gasteiger partial charge in [-0.05, 0) is 45.1 Å². The van der Waals surface area contributed by atoms with Gasteiger partial charge in [-0.2, -0.15) is 0 Å². The fourth-order valence-electron chi connectivity index (χ4n) is 1.05. The van der Waals surface area contributed by atoms with Gasteiger partial charge in [0, 0.05) is 5.54 Å². The molecule has 1 nitrogen and oxygen atoms in total. The highest BCUT2D eigenvalue weighted by Gasteiger charge is 2.22. The zero-order chi connectivity index (χ0) is 10.7. The van der Waals surface area contributed by atoms with E-state index in [0.29, 0.717) is 5.41 Å². The summed E-state index contributed by atoms with van der Waals surface area (Å²) < 4.78 is 0. The number of hydrogen-bond acceptors (Lipinski definition) is 1. The highest BCUT2D eigenvalue weighted by molar-refractivity contribution is 4.76. The van der Waals surface area contributed by atoms with E-state index in [9.17, 15) is 0 Å². The molecule has 0 unspecified atom stereocenters. The Hall–Kier alpha value is -0.0400. The van der Waals surface area contributed by atoms with Crippen LogP contribution in [0.15, 0.2) is 0 Å². The summed E-state index contributed by atoms with van der Waals surface area (Å²) in [5, 5.41) is 3.53. The third-order valence-electron chi connectivity index (χ3n) is 2.99. The van der Waals surface area contributed by atoms with Gasteiger partial charge in [-0.1, -0.05) is 27.7 Å². The largest absolute Gasteiger partial charge is 0.312 e. The van der Waals surface area contributed by atoms with Gasteiger partial charge >= 0.3 is 0 Å². The molecule has 0 atom stereocenters. The van der Waals surface area contributed by atoms with Gasteiger partial charge in [-0.25, -0.2) is 0 Å². The van der Waals surface area contributed by atoms with E-state index in [1.54, 1.807) is 0 Å². The van der Waals surface area contributed by atoms with Crippen LogP contribution in [0, 0.1) is 11.3 Å². The van der Waals surface area contributed by atoms with Crippen molar-refractivity contribution >= 4 is 0 Å². The van der Waals surface area contributed by atoms with Gasteiger partial charge in [0.15, 0.2) is 0 Å². The standard InChI is InChI=1S/C12H27N/c1-10(2)12(6,7)8-9-13-11(3,4)5/h10,13H,8-9H2,1-7H3. The molecular formula is C12H27N. The average Bonchev–Trinajstić information content (AvgIpc) is 1.82. The van der Waals surface area contributed by atoms with Crippen LogP contribution in [0.2, 0.25) is 0 Å². The van der Waals surface area contributed by atoms with Gasteiger partial charge in [0.25, 0.3) is 0 Å². The Morgan fingerprint density at radius 2 is 1.46 bits per heavy atom. The molecule has 0 aromatic carbocycles. The van der Waals surface area contributed by atoms with Crippen LogP contribution in [0.3, 0.4) is 0 Å². The SMILES string of the molecule is CC(C)C(C)(C)CCNC(C)(C)C. The predicted octanol–water partition coefficient (Wildman–Crippen LogP) is 3.45. The molecule has 13 heavy (non-hydrogen) atoms. The van der Waals surface area contributed by atoms with Crippen molar-refractivity contribution in [3.05, 3.63) is 0 Å². The predicted molar refractivity (Wildman–Crippen MR) is 61.0 cm³/mol. The molecule has 0 aliphatic heterocycles. The highest BCUT2D eigenvalue weighted by Crippen LogP contribution is 2.29. The van der Waals surface area contributed by atoms with Crippen molar-refractivity contribution in [1.82, 2.24) is 5.32 Å². The van der Waals surface area contributed by atoms with Crippen molar-refractivity contribution in [3.8, 4) is 0 Å². The Bertz CT molecular complexity index is 140. The molecule has 0 aromatic heterocycles. The molecule has 0 fully saturated rings. The van der Waals surface area contributed by atoms with E-state index >= 15 is 0 Å². The minimum absolute atomic E-state index is 0.257. The Balaban J connectivity index is 3.77. The summed E-state index contributed by atoms with van der Waals surface area (Å²) in [6, 6.07) is 0. The molecule has 0 saturated heterocycles. The van der Waals surface area contributed by atoms with Crippen LogP contribution in [-0.2, 0) is 0 Å². The molecule has 0 rings (SSSR count). The molecule has 0 radical (unpaired) electrons. The number of rotatable bonds is 4. The number of hydrogen-bond donors (Lipinski definition) is 1. The highest BCUT2D eigenvalue weighted by atomic mass is 14.9. The van der Waals surface area contributed by atoms with Gasteiger partial charge in [0.05, 0.1) is 0 Å². The molecule has 0 aliphatic carbocycles. The van der Waals surface area contributed by atoms with Gasteiger partial charge < -0.3 is 5.32 Å². The number of nitrogens with one attached hydrogen (secondary N) is 1. The lowest BCUT2D eigenvalue weighted by Gasteiger charge is -2.31. The molecule has 0 aliphatic rings. The smallest absolute Gasteiger partial charge is 0.00965 e. The molecule has 0 amide bonds. The van der Waals surface area contributed by atoms with Gasteiger partial charge in [0.2, 0.25) is 0 Å². The third-order valence-corrected chi connectivity index (χ3v) is 2.99. The van der Waals surface area contributed by atoms with Crippen molar-refractivity contribution < 1.29 is 0 Å². The fraction of sp³-hybridized carbons (Fsp3) is 1.00. The lowest BCUT2D eigenvalue weighted by atomic mass is 9.78. The topological polar surface area (TPSA) is 12.0 Å². The first-order valence-electron chi connectivity index (χ1n) is 5.40. The first-order chi connectivity index (χ1) is 5.65. The summed E-state index contributed by atoms with van der Waals surface area (Å²) in [6.07, 6.45) is 1.25. The first kappa shape index (κ1) is 13.0. The van der Waals surface area contributed by atoms with Crippen molar-refractivity contribution in [2.24, 2.45) is 11.3 Å². The van der Waals surface area contributed by atoms with Crippen LogP contribution < -0.4 is 5.32 Å². The quantitative estimate of drug-likeness (QED) is 0.707. The van der Waals surface area contributed by atoms with E-state index in [1.165, 1.54) is 6.42 Å². The molecule has 1 heteroatoms. The summed E-state index contributed by atoms with van der Waals surface area (Å²) in [5.41, 5.74) is 0.714. The first-order valence-corrected chi connectivity index (χ1v) is 5.40. The normalized spacial score (nSPS) is 13.8. The second kappa shape index (κ2) is 4.45. The van der Waals surface area contributed by atoms with Crippen LogP contribution in [0.1, 0.15) is 54.9 Å². The third kappa shape index (κ3) is 6.09. The van der Waals surface area contributed by atoms with E-state index in [-0.39, 0.29) is 5.54 Å². The van der Waals surface area contributed by atoms with Crippen LogP contribution in [-0.4, -0.2) is 12.1 Å². The minimum atomic E-state index is 0.257. The van der Waals surface area contributed by atoms with Crippen LogP contribution in [0.25, 0.3) is 0 Å². The van der Waals surface area contributed by atoms with Crippen molar-refractivity contribution in [2.45, 2.75) is 60.4 Å². The second-order valence-electron chi connectivity index (χ2n) is 6.07. The Kier molecular flexibility index (Phi) is 4.44. The molecule has 0 heterocycles. The van der Waals surface area contributed by atoms with Gasteiger partial charge in [0.1, 0.15) is 0 Å². The molecule has 0 saturated carbocycles. The average molecular weight is 185 g/mol. The Labute approximate surface area is 84.3 Å². The van der Waals surface area contributed by atoms with E-state index in [4.69, 9.17) is 0 Å². The fourth-order valence-corrected chi connectivity index (χ4v) is 1.05. The summed E-state index contributed by atoms with van der Waals surface area (Å²) in [7, 11) is 0. The summed E-state index contributed by atoms with van der Waals surface area (Å²) in [4.78, 5) is 0. The van der Waals surface area contributed by atoms with Crippen molar-refractivity contribution in [3.63, 3.8) is 0 Å². The van der Waals surface area contributed by atoms with Crippen LogP contribution in [0.4, 0.5) is 0 Å². The van der Waals surface area contributed by atoms with Gasteiger partial charge in [-0.3, -0.25) is 0 Å². The van der Waals surface area contributed by atoms with Crippen LogP contribution >= 0.6 is 0 Å². The monoisotopic (exact) mass is 185 g/mol. The molecule has 0 bridgehead atoms. The van der Waals surface area contributed by atoms with Gasteiger partial charge in [-0.15, -0.1) is 0 Å². The summed E-state index contributed by atoms with van der Waals surface area (Å²) in [5.74, 6) is 0.759.